The van der Waals surface area contributed by atoms with Gasteiger partial charge in [-0.2, -0.15) is 0 Å². The molecule has 6 heavy (non-hydrogen) atoms. The first kappa shape index (κ1) is 5.63. The average molecular weight is 86.1 g/mol. The van der Waals surface area contributed by atoms with Gasteiger partial charge in [-0.3, -0.25) is 0 Å². The van der Waals surface area contributed by atoms with Gasteiger partial charge in [0.1, 0.15) is 0 Å². The molecule has 0 aliphatic heterocycles. The Labute approximate surface area is 37.3 Å². The first-order chi connectivity index (χ1) is 2.77. The molecule has 0 amide bonds. The van der Waals surface area contributed by atoms with E-state index in [1.807, 2.05) is 0 Å². The van der Waals surface area contributed by atoms with Crippen LogP contribution in [0.2, 0.25) is 0 Å². The Morgan fingerprint density at radius 2 is 2.33 bits per heavy atom. The normalized spacial score (nSPS) is 8.33. The molecule has 0 fully saturated rings. The van der Waals surface area contributed by atoms with Crippen molar-refractivity contribution in [1.29, 1.82) is 5.41 Å². The molecule has 0 bridgehead atoms. The van der Waals surface area contributed by atoms with Crippen LogP contribution >= 0.6 is 0 Å². The van der Waals surface area contributed by atoms with E-state index in [9.17, 15) is 5.11 Å². The van der Waals surface area contributed by atoms with E-state index in [1.165, 1.54) is 0 Å². The summed E-state index contributed by atoms with van der Waals surface area (Å²) in [6, 6.07) is 0. The highest BCUT2D eigenvalue weighted by Crippen LogP contribution is 1.75. The van der Waals surface area contributed by atoms with Crippen LogP contribution in [0.5, 0.6) is 0 Å². The maximum absolute atomic E-state index is 9.60. The Hall–Kier alpha value is -0.370. The Bertz CT molecular complexity index is 51.5. The molecule has 0 unspecified atom stereocenters. The van der Waals surface area contributed by atoms with E-state index in [2.05, 4.69) is 0 Å². The quantitative estimate of drug-likeness (QED) is 0.484. The number of nitrogens with one attached hydrogen (secondary N) is 1. The lowest BCUT2D eigenvalue weighted by Gasteiger charge is -1.82. The molecule has 0 atom stereocenters. The minimum atomic E-state index is -0.144. The van der Waals surface area contributed by atoms with Crippen molar-refractivity contribution in [2.45, 2.75) is 13.3 Å². The fraction of sp³-hybridized carbons (Fsp3) is 0.750. The van der Waals surface area contributed by atoms with Gasteiger partial charge in [0, 0.05) is 12.1 Å². The molecule has 0 saturated carbocycles. The van der Waals surface area contributed by atoms with E-state index < -0.39 is 0 Å². The molecule has 0 aliphatic rings. The van der Waals surface area contributed by atoms with Gasteiger partial charge in [-0.1, -0.05) is 0 Å². The lowest BCUT2D eigenvalue weighted by atomic mass is 10.3. The molecule has 2 nitrogen and oxygen atoms in total. The van der Waals surface area contributed by atoms with E-state index in [-0.39, 0.29) is 6.61 Å². The Balaban J connectivity index is 2.83. The summed E-state index contributed by atoms with van der Waals surface area (Å²) in [5.74, 6) is 0. The largest absolute Gasteiger partial charge is 0.310 e. The van der Waals surface area contributed by atoms with E-state index in [4.69, 9.17) is 5.41 Å². The highest BCUT2D eigenvalue weighted by Gasteiger charge is 1.81. The Morgan fingerprint density at radius 3 is 2.33 bits per heavy atom. The topological polar surface area (TPSA) is 43.8 Å². The van der Waals surface area contributed by atoms with Crippen LogP contribution in [-0.2, 0) is 5.11 Å². The van der Waals surface area contributed by atoms with E-state index in [1.54, 1.807) is 6.92 Å². The van der Waals surface area contributed by atoms with E-state index in [0.29, 0.717) is 12.1 Å². The Morgan fingerprint density at radius 1 is 1.83 bits per heavy atom. The van der Waals surface area contributed by atoms with Crippen LogP contribution < -0.4 is 0 Å². The summed E-state index contributed by atoms with van der Waals surface area (Å²) >= 11 is 0. The zero-order valence-corrected chi connectivity index (χ0v) is 3.82. The summed E-state index contributed by atoms with van der Waals surface area (Å²) in [7, 11) is 0. The van der Waals surface area contributed by atoms with Gasteiger partial charge in [-0.25, -0.2) is 5.11 Å². The van der Waals surface area contributed by atoms with Crippen LogP contribution in [0, 0.1) is 5.41 Å². The van der Waals surface area contributed by atoms with Crippen LogP contribution in [-0.4, -0.2) is 12.3 Å². The Kier molecular flexibility index (Phi) is 2.67. The van der Waals surface area contributed by atoms with Gasteiger partial charge < -0.3 is 5.41 Å². The predicted molar refractivity (Wildman–Crippen MR) is 23.6 cm³/mol. The van der Waals surface area contributed by atoms with Crippen molar-refractivity contribution in [3.05, 3.63) is 0 Å². The molecule has 1 radical (unpaired) electrons. The van der Waals surface area contributed by atoms with Gasteiger partial charge in [0.05, 0.1) is 6.61 Å². The monoisotopic (exact) mass is 86.1 g/mol. The molecule has 0 spiro atoms. The number of hydrogen-bond acceptors (Lipinski definition) is 1. The third-order valence-corrected chi connectivity index (χ3v) is 0.477. The predicted octanol–water partition coefficient (Wildman–Crippen LogP) is 0.847. The average Bonchev–Trinajstić information content (AvgIpc) is 1.35. The van der Waals surface area contributed by atoms with Crippen LogP contribution in [0.4, 0.5) is 0 Å². The maximum Gasteiger partial charge on any atom is 0.0874 e. The zero-order chi connectivity index (χ0) is 4.99. The van der Waals surface area contributed by atoms with Crippen LogP contribution in [0.25, 0.3) is 0 Å². The molecule has 0 aromatic carbocycles. The summed E-state index contributed by atoms with van der Waals surface area (Å²) in [4.78, 5) is 0. The fourth-order valence-corrected chi connectivity index (χ4v) is 0.153. The standard InChI is InChI=1S/C4H8NO/c1-4(5)2-3-6/h5H,2-3H2,1H3. The van der Waals surface area contributed by atoms with Gasteiger partial charge in [0.15, 0.2) is 0 Å². The molecule has 1 N–H and O–H groups in total. The van der Waals surface area contributed by atoms with Gasteiger partial charge in [0.25, 0.3) is 0 Å². The van der Waals surface area contributed by atoms with Gasteiger partial charge in [0.2, 0.25) is 0 Å². The second-order valence-electron chi connectivity index (χ2n) is 1.23. The minimum absolute atomic E-state index is 0.144. The molecular formula is C4H8NO. The molecule has 35 valence electrons. The molecule has 2 heteroatoms. The third-order valence-electron chi connectivity index (χ3n) is 0.477. The summed E-state index contributed by atoms with van der Waals surface area (Å²) in [6.07, 6.45) is 0.403. The molecule has 0 rings (SSSR count). The summed E-state index contributed by atoms with van der Waals surface area (Å²) in [6.45, 7) is 1.49. The zero-order valence-electron chi connectivity index (χ0n) is 3.82. The lowest BCUT2D eigenvalue weighted by molar-refractivity contribution is 0.202. The van der Waals surface area contributed by atoms with E-state index >= 15 is 0 Å². The smallest absolute Gasteiger partial charge is 0.0874 e. The van der Waals surface area contributed by atoms with Crippen molar-refractivity contribution >= 4 is 5.71 Å². The second-order valence-corrected chi connectivity index (χ2v) is 1.23. The van der Waals surface area contributed by atoms with Crippen LogP contribution in [0.15, 0.2) is 0 Å². The van der Waals surface area contributed by atoms with Gasteiger partial charge in [-0.05, 0) is 6.92 Å². The molecule has 0 aromatic heterocycles. The number of rotatable bonds is 2. The summed E-state index contributed by atoms with van der Waals surface area (Å²) in [5.41, 5.74) is 0.477. The molecular weight excluding hydrogens is 78.0 g/mol. The van der Waals surface area contributed by atoms with Gasteiger partial charge >= 0.3 is 0 Å². The summed E-state index contributed by atoms with van der Waals surface area (Å²) < 4.78 is 0. The van der Waals surface area contributed by atoms with Gasteiger partial charge in [-0.15, -0.1) is 0 Å². The molecule has 0 saturated heterocycles. The van der Waals surface area contributed by atoms with Crippen LogP contribution in [0.1, 0.15) is 13.3 Å². The molecule has 0 aliphatic carbocycles. The third kappa shape index (κ3) is 3.63. The summed E-state index contributed by atoms with van der Waals surface area (Å²) in [5, 5.41) is 16.3. The number of hydrogen-bond donors (Lipinski definition) is 1. The SMILES string of the molecule is CC(=N)CC[O]. The van der Waals surface area contributed by atoms with Crippen molar-refractivity contribution in [3.8, 4) is 0 Å². The van der Waals surface area contributed by atoms with Crippen molar-refractivity contribution in [1.82, 2.24) is 0 Å². The second kappa shape index (κ2) is 2.85. The van der Waals surface area contributed by atoms with Crippen molar-refractivity contribution < 1.29 is 5.11 Å². The van der Waals surface area contributed by atoms with Crippen molar-refractivity contribution in [2.75, 3.05) is 6.61 Å². The highest BCUT2D eigenvalue weighted by atomic mass is 16.2. The maximum atomic E-state index is 9.60. The lowest BCUT2D eigenvalue weighted by Crippen LogP contribution is -1.89. The first-order valence-corrected chi connectivity index (χ1v) is 1.89. The van der Waals surface area contributed by atoms with E-state index in [0.717, 1.165) is 0 Å². The molecule has 0 heterocycles. The minimum Gasteiger partial charge on any atom is -0.310 e. The highest BCUT2D eigenvalue weighted by molar-refractivity contribution is 5.78. The van der Waals surface area contributed by atoms with Crippen LogP contribution in [0.3, 0.4) is 0 Å². The van der Waals surface area contributed by atoms with Crippen molar-refractivity contribution in [3.63, 3.8) is 0 Å². The fourth-order valence-electron chi connectivity index (χ4n) is 0.153. The van der Waals surface area contributed by atoms with Crippen molar-refractivity contribution in [2.24, 2.45) is 0 Å². The first-order valence-electron chi connectivity index (χ1n) is 1.89. The molecule has 0 aromatic rings.